The highest BCUT2D eigenvalue weighted by atomic mass is 16.4. The van der Waals surface area contributed by atoms with E-state index in [-0.39, 0.29) is 5.63 Å². The number of para-hydroxylation sites is 1. The molecule has 3 nitrogen and oxygen atoms in total. The maximum absolute atomic E-state index is 11.6. The van der Waals surface area contributed by atoms with E-state index < -0.39 is 0 Å². The van der Waals surface area contributed by atoms with E-state index in [4.69, 9.17) is 4.42 Å². The van der Waals surface area contributed by atoms with Crippen molar-refractivity contribution in [1.29, 1.82) is 0 Å². The molecule has 2 aromatic heterocycles. The molecule has 0 unspecified atom stereocenters. The Labute approximate surface area is 85.6 Å². The van der Waals surface area contributed by atoms with Crippen LogP contribution in [0.15, 0.2) is 45.6 Å². The number of hydrogen-bond donors (Lipinski definition) is 0. The van der Waals surface area contributed by atoms with Crippen LogP contribution in [0.4, 0.5) is 0 Å². The van der Waals surface area contributed by atoms with Gasteiger partial charge in [0, 0.05) is 11.8 Å². The van der Waals surface area contributed by atoms with Crippen molar-refractivity contribution in [2.45, 2.75) is 6.92 Å². The van der Waals surface area contributed by atoms with Gasteiger partial charge in [0.25, 0.3) is 0 Å². The Morgan fingerprint density at radius 1 is 1.13 bits per heavy atom. The van der Waals surface area contributed by atoms with Gasteiger partial charge in [-0.05, 0) is 25.1 Å². The van der Waals surface area contributed by atoms with Gasteiger partial charge in [-0.3, -0.25) is 4.40 Å². The lowest BCUT2D eigenvalue weighted by molar-refractivity contribution is 0.548. The predicted octanol–water partition coefficient (Wildman–Crippen LogP) is 2.35. The summed E-state index contributed by atoms with van der Waals surface area (Å²) in [5.41, 5.74) is 2.27. The van der Waals surface area contributed by atoms with E-state index in [0.717, 1.165) is 11.2 Å². The lowest BCUT2D eigenvalue weighted by Gasteiger charge is -2.02. The van der Waals surface area contributed by atoms with Crippen LogP contribution in [0, 0.1) is 6.92 Å². The van der Waals surface area contributed by atoms with E-state index in [1.165, 1.54) is 0 Å². The molecule has 1 aromatic carbocycles. The Hall–Kier alpha value is -2.03. The molecule has 0 N–H and O–H groups in total. The fourth-order valence-corrected chi connectivity index (χ4v) is 1.89. The average Bonchev–Trinajstić information content (AvgIpc) is 2.61. The minimum atomic E-state index is -0.281. The zero-order valence-electron chi connectivity index (χ0n) is 8.23. The largest absolute Gasteiger partial charge is 0.405 e. The SMILES string of the molecule is Cc1ccc2oc(=O)c3ccccc3n12. The number of hydrogen-bond acceptors (Lipinski definition) is 2. The van der Waals surface area contributed by atoms with Crippen molar-refractivity contribution in [2.75, 3.05) is 0 Å². The minimum Gasteiger partial charge on any atom is -0.405 e. The maximum atomic E-state index is 11.6. The number of aromatic nitrogens is 1. The number of rotatable bonds is 0. The number of nitrogens with zero attached hydrogens (tertiary/aromatic N) is 1. The van der Waals surface area contributed by atoms with Gasteiger partial charge in [-0.15, -0.1) is 0 Å². The van der Waals surface area contributed by atoms with Crippen molar-refractivity contribution in [3.63, 3.8) is 0 Å². The Morgan fingerprint density at radius 2 is 1.93 bits per heavy atom. The van der Waals surface area contributed by atoms with Crippen LogP contribution < -0.4 is 5.63 Å². The molecule has 2 heterocycles. The third-order valence-corrected chi connectivity index (χ3v) is 2.60. The van der Waals surface area contributed by atoms with E-state index >= 15 is 0 Å². The first-order chi connectivity index (χ1) is 7.27. The average molecular weight is 199 g/mol. The van der Waals surface area contributed by atoms with Crippen LogP contribution >= 0.6 is 0 Å². The molecule has 0 saturated carbocycles. The van der Waals surface area contributed by atoms with E-state index in [1.807, 2.05) is 41.7 Å². The highest BCUT2D eigenvalue weighted by Gasteiger charge is 2.07. The van der Waals surface area contributed by atoms with Crippen molar-refractivity contribution in [3.8, 4) is 0 Å². The molecule has 74 valence electrons. The monoisotopic (exact) mass is 199 g/mol. The first kappa shape index (κ1) is 8.29. The predicted molar refractivity (Wildman–Crippen MR) is 58.2 cm³/mol. The second-order valence-electron chi connectivity index (χ2n) is 3.56. The number of fused-ring (bicyclic) bond motifs is 3. The summed E-state index contributed by atoms with van der Waals surface area (Å²) < 4.78 is 7.14. The van der Waals surface area contributed by atoms with Crippen molar-refractivity contribution >= 4 is 16.6 Å². The number of benzene rings is 1. The summed E-state index contributed by atoms with van der Waals surface area (Å²) in [6.07, 6.45) is 0. The summed E-state index contributed by atoms with van der Waals surface area (Å²) in [7, 11) is 0. The first-order valence-corrected chi connectivity index (χ1v) is 4.77. The van der Waals surface area contributed by atoms with E-state index in [1.54, 1.807) is 6.07 Å². The summed E-state index contributed by atoms with van der Waals surface area (Å²) in [6.45, 7) is 1.99. The summed E-state index contributed by atoms with van der Waals surface area (Å²) in [5, 5.41) is 0.615. The van der Waals surface area contributed by atoms with Crippen LogP contribution in [0.25, 0.3) is 16.6 Å². The van der Waals surface area contributed by atoms with Gasteiger partial charge in [-0.1, -0.05) is 12.1 Å². The summed E-state index contributed by atoms with van der Waals surface area (Å²) in [4.78, 5) is 11.6. The fraction of sp³-hybridized carbons (Fsp3) is 0.0833. The highest BCUT2D eigenvalue weighted by molar-refractivity contribution is 5.79. The normalized spacial score (nSPS) is 11.3. The quantitative estimate of drug-likeness (QED) is 0.557. The van der Waals surface area contributed by atoms with Crippen LogP contribution in [0.3, 0.4) is 0 Å². The van der Waals surface area contributed by atoms with Crippen LogP contribution in [0.5, 0.6) is 0 Å². The molecule has 3 aromatic rings. The smallest absolute Gasteiger partial charge is 0.346 e. The highest BCUT2D eigenvalue weighted by Crippen LogP contribution is 2.16. The van der Waals surface area contributed by atoms with Gasteiger partial charge in [0.05, 0.1) is 10.9 Å². The molecule has 0 aliphatic carbocycles. The molecule has 0 fully saturated rings. The molecule has 0 radical (unpaired) electrons. The molecule has 0 bridgehead atoms. The van der Waals surface area contributed by atoms with Crippen LogP contribution in [-0.2, 0) is 0 Å². The van der Waals surface area contributed by atoms with E-state index in [0.29, 0.717) is 11.1 Å². The van der Waals surface area contributed by atoms with Gasteiger partial charge in [-0.2, -0.15) is 0 Å². The third kappa shape index (κ3) is 1.03. The Morgan fingerprint density at radius 3 is 2.80 bits per heavy atom. The summed E-state index contributed by atoms with van der Waals surface area (Å²) >= 11 is 0. The molecule has 3 heteroatoms. The molecule has 0 spiro atoms. The van der Waals surface area contributed by atoms with Crippen molar-refractivity contribution in [2.24, 2.45) is 0 Å². The zero-order valence-corrected chi connectivity index (χ0v) is 8.23. The molecule has 0 amide bonds. The van der Waals surface area contributed by atoms with Gasteiger partial charge >= 0.3 is 5.63 Å². The standard InChI is InChI=1S/C12H9NO2/c1-8-6-7-11-13(8)10-5-3-2-4-9(10)12(14)15-11/h2-7H,1H3. The van der Waals surface area contributed by atoms with Gasteiger partial charge in [-0.25, -0.2) is 4.79 Å². The second-order valence-corrected chi connectivity index (χ2v) is 3.56. The fourth-order valence-electron chi connectivity index (χ4n) is 1.89. The molecule has 0 saturated heterocycles. The second kappa shape index (κ2) is 2.73. The molecule has 0 aliphatic heterocycles. The first-order valence-electron chi connectivity index (χ1n) is 4.77. The summed E-state index contributed by atoms with van der Waals surface area (Å²) in [5.74, 6) is 0. The Balaban J connectivity index is 2.74. The van der Waals surface area contributed by atoms with E-state index in [9.17, 15) is 4.79 Å². The molecule has 0 aliphatic rings. The molecule has 0 atom stereocenters. The minimum absolute atomic E-state index is 0.281. The Bertz CT molecular complexity index is 706. The molecule has 15 heavy (non-hydrogen) atoms. The van der Waals surface area contributed by atoms with Gasteiger partial charge in [0.15, 0.2) is 0 Å². The van der Waals surface area contributed by atoms with Gasteiger partial charge in [0.2, 0.25) is 5.71 Å². The Kier molecular flexibility index (Phi) is 1.51. The summed E-state index contributed by atoms with van der Waals surface area (Å²) in [6, 6.07) is 11.2. The molecular weight excluding hydrogens is 190 g/mol. The molecular formula is C12H9NO2. The van der Waals surface area contributed by atoms with Crippen molar-refractivity contribution < 1.29 is 4.42 Å². The number of aryl methyl sites for hydroxylation is 1. The zero-order chi connectivity index (χ0) is 10.4. The van der Waals surface area contributed by atoms with E-state index in [2.05, 4.69) is 0 Å². The van der Waals surface area contributed by atoms with Gasteiger partial charge < -0.3 is 4.42 Å². The van der Waals surface area contributed by atoms with Crippen LogP contribution in [0.2, 0.25) is 0 Å². The van der Waals surface area contributed by atoms with Crippen molar-refractivity contribution in [1.82, 2.24) is 4.40 Å². The lowest BCUT2D eigenvalue weighted by Crippen LogP contribution is -2.03. The van der Waals surface area contributed by atoms with Gasteiger partial charge in [0.1, 0.15) is 0 Å². The topological polar surface area (TPSA) is 34.6 Å². The van der Waals surface area contributed by atoms with Crippen LogP contribution in [-0.4, -0.2) is 4.40 Å². The third-order valence-electron chi connectivity index (χ3n) is 2.60. The molecule has 3 rings (SSSR count). The van der Waals surface area contributed by atoms with Crippen LogP contribution in [0.1, 0.15) is 5.69 Å². The van der Waals surface area contributed by atoms with Crippen molar-refractivity contribution in [3.05, 3.63) is 52.5 Å². The lowest BCUT2D eigenvalue weighted by atomic mass is 10.2. The maximum Gasteiger partial charge on any atom is 0.346 e.